The van der Waals surface area contributed by atoms with Crippen molar-refractivity contribution in [2.75, 3.05) is 0 Å². The summed E-state index contributed by atoms with van der Waals surface area (Å²) in [6, 6.07) is 9.87. The molecular formula is C14H18O2. The van der Waals surface area contributed by atoms with Gasteiger partial charge in [-0.3, -0.25) is 4.79 Å². The Morgan fingerprint density at radius 3 is 2.44 bits per heavy atom. The van der Waals surface area contributed by atoms with Gasteiger partial charge in [-0.05, 0) is 17.6 Å². The molecule has 0 saturated heterocycles. The molecule has 86 valence electrons. The minimum atomic E-state index is -0.261. The van der Waals surface area contributed by atoms with Crippen LogP contribution >= 0.6 is 0 Å². The zero-order valence-electron chi connectivity index (χ0n) is 10.1. The Kier molecular flexibility index (Phi) is 4.77. The molecular weight excluding hydrogens is 200 g/mol. The summed E-state index contributed by atoms with van der Waals surface area (Å²) in [5.41, 5.74) is 1.06. The van der Waals surface area contributed by atoms with Crippen molar-refractivity contribution < 1.29 is 9.53 Å². The zero-order chi connectivity index (χ0) is 12.0. The molecule has 0 fully saturated rings. The van der Waals surface area contributed by atoms with Crippen LogP contribution in [0.2, 0.25) is 0 Å². The lowest BCUT2D eigenvalue weighted by Crippen LogP contribution is -2.02. The number of hydrogen-bond acceptors (Lipinski definition) is 2. The first-order valence-corrected chi connectivity index (χ1v) is 5.52. The summed E-state index contributed by atoms with van der Waals surface area (Å²) < 4.78 is 5.19. The summed E-state index contributed by atoms with van der Waals surface area (Å²) >= 11 is 0. The van der Waals surface area contributed by atoms with Crippen molar-refractivity contribution in [3.63, 3.8) is 0 Å². The largest absolute Gasteiger partial charge is 0.431 e. The Morgan fingerprint density at radius 2 is 1.94 bits per heavy atom. The molecule has 0 atom stereocenters. The standard InChI is InChI=1S/C14H18O2/c1-11(2)9-14(16-12(3)15)10-13-7-5-4-6-8-13/h4-8,10-11H,9H2,1-3H3. The lowest BCUT2D eigenvalue weighted by Gasteiger charge is -2.09. The second kappa shape index (κ2) is 6.11. The van der Waals surface area contributed by atoms with E-state index >= 15 is 0 Å². The Balaban J connectivity index is 2.83. The van der Waals surface area contributed by atoms with Crippen molar-refractivity contribution in [1.82, 2.24) is 0 Å². The highest BCUT2D eigenvalue weighted by molar-refractivity contribution is 5.68. The molecule has 2 heteroatoms. The van der Waals surface area contributed by atoms with Crippen LogP contribution in [0, 0.1) is 5.92 Å². The number of allylic oxidation sites excluding steroid dienone is 1. The van der Waals surface area contributed by atoms with Gasteiger partial charge in [0.1, 0.15) is 5.76 Å². The highest BCUT2D eigenvalue weighted by Crippen LogP contribution is 2.16. The number of carbonyl (C=O) groups excluding carboxylic acids is 1. The fraction of sp³-hybridized carbons (Fsp3) is 0.357. The number of carbonyl (C=O) groups is 1. The van der Waals surface area contributed by atoms with Gasteiger partial charge >= 0.3 is 5.97 Å². The van der Waals surface area contributed by atoms with E-state index in [1.165, 1.54) is 6.92 Å². The molecule has 0 bridgehead atoms. The average molecular weight is 218 g/mol. The van der Waals surface area contributed by atoms with E-state index in [4.69, 9.17) is 4.74 Å². The topological polar surface area (TPSA) is 26.3 Å². The third-order valence-corrected chi connectivity index (χ3v) is 2.01. The SMILES string of the molecule is CC(=O)OC(=Cc1ccccc1)CC(C)C. The molecule has 16 heavy (non-hydrogen) atoms. The van der Waals surface area contributed by atoms with Gasteiger partial charge in [0, 0.05) is 13.3 Å². The first kappa shape index (κ1) is 12.5. The molecule has 0 N–H and O–H groups in total. The lowest BCUT2D eigenvalue weighted by atomic mass is 10.1. The number of rotatable bonds is 4. The van der Waals surface area contributed by atoms with Crippen LogP contribution in [-0.2, 0) is 9.53 Å². The average Bonchev–Trinajstić information content (AvgIpc) is 2.16. The molecule has 1 rings (SSSR count). The minimum absolute atomic E-state index is 0.261. The second-order valence-corrected chi connectivity index (χ2v) is 4.21. The van der Waals surface area contributed by atoms with Crippen molar-refractivity contribution in [1.29, 1.82) is 0 Å². The lowest BCUT2D eigenvalue weighted by molar-refractivity contribution is -0.137. The van der Waals surface area contributed by atoms with E-state index in [0.29, 0.717) is 5.92 Å². The first-order chi connectivity index (χ1) is 7.58. The Labute approximate surface area is 96.9 Å². The molecule has 0 spiro atoms. The zero-order valence-corrected chi connectivity index (χ0v) is 10.1. The van der Waals surface area contributed by atoms with Gasteiger partial charge in [0.15, 0.2) is 0 Å². The summed E-state index contributed by atoms with van der Waals surface area (Å²) in [5, 5.41) is 0. The van der Waals surface area contributed by atoms with E-state index in [9.17, 15) is 4.79 Å². The van der Waals surface area contributed by atoms with Crippen LogP contribution < -0.4 is 0 Å². The van der Waals surface area contributed by atoms with Crippen LogP contribution in [0.5, 0.6) is 0 Å². The summed E-state index contributed by atoms with van der Waals surface area (Å²) in [6.45, 7) is 5.63. The number of benzene rings is 1. The van der Waals surface area contributed by atoms with Gasteiger partial charge < -0.3 is 4.74 Å². The summed E-state index contributed by atoms with van der Waals surface area (Å²) in [6.07, 6.45) is 2.69. The third-order valence-electron chi connectivity index (χ3n) is 2.01. The van der Waals surface area contributed by atoms with E-state index < -0.39 is 0 Å². The molecule has 0 aliphatic heterocycles. The van der Waals surface area contributed by atoms with E-state index in [0.717, 1.165) is 17.7 Å². The molecule has 0 aliphatic carbocycles. The highest BCUT2D eigenvalue weighted by Gasteiger charge is 2.05. The minimum Gasteiger partial charge on any atom is -0.431 e. The normalized spacial score (nSPS) is 11.6. The second-order valence-electron chi connectivity index (χ2n) is 4.21. The van der Waals surface area contributed by atoms with Crippen LogP contribution in [0.25, 0.3) is 6.08 Å². The molecule has 2 nitrogen and oxygen atoms in total. The summed E-state index contributed by atoms with van der Waals surface area (Å²) in [4.78, 5) is 11.0. The number of esters is 1. The molecule has 0 saturated carbocycles. The summed E-state index contributed by atoms with van der Waals surface area (Å²) in [5.74, 6) is 0.936. The predicted molar refractivity (Wildman–Crippen MR) is 65.6 cm³/mol. The van der Waals surface area contributed by atoms with E-state index in [1.807, 2.05) is 36.4 Å². The maximum atomic E-state index is 11.0. The molecule has 0 aromatic heterocycles. The smallest absolute Gasteiger partial charge is 0.307 e. The first-order valence-electron chi connectivity index (χ1n) is 5.52. The van der Waals surface area contributed by atoms with Crippen molar-refractivity contribution in [2.45, 2.75) is 27.2 Å². The highest BCUT2D eigenvalue weighted by atomic mass is 16.5. The van der Waals surface area contributed by atoms with Crippen molar-refractivity contribution in [2.24, 2.45) is 5.92 Å². The van der Waals surface area contributed by atoms with Crippen molar-refractivity contribution >= 4 is 12.0 Å². The molecule has 0 aliphatic rings. The van der Waals surface area contributed by atoms with E-state index in [2.05, 4.69) is 13.8 Å². The van der Waals surface area contributed by atoms with Gasteiger partial charge in [0.25, 0.3) is 0 Å². The van der Waals surface area contributed by atoms with Crippen LogP contribution in [0.1, 0.15) is 32.8 Å². The number of hydrogen-bond donors (Lipinski definition) is 0. The fourth-order valence-corrected chi connectivity index (χ4v) is 1.45. The molecule has 0 unspecified atom stereocenters. The van der Waals surface area contributed by atoms with Crippen molar-refractivity contribution in [3.05, 3.63) is 41.7 Å². The quantitative estimate of drug-likeness (QED) is 0.569. The van der Waals surface area contributed by atoms with Gasteiger partial charge in [-0.2, -0.15) is 0 Å². The molecule has 1 aromatic rings. The number of ether oxygens (including phenoxy) is 1. The van der Waals surface area contributed by atoms with E-state index in [1.54, 1.807) is 0 Å². The van der Waals surface area contributed by atoms with Gasteiger partial charge in [0.05, 0.1) is 0 Å². The Bertz CT molecular complexity index is 364. The van der Waals surface area contributed by atoms with Crippen LogP contribution in [0.4, 0.5) is 0 Å². The van der Waals surface area contributed by atoms with Crippen LogP contribution in [0.3, 0.4) is 0 Å². The van der Waals surface area contributed by atoms with Crippen molar-refractivity contribution in [3.8, 4) is 0 Å². The van der Waals surface area contributed by atoms with Gasteiger partial charge in [-0.15, -0.1) is 0 Å². The summed E-state index contributed by atoms with van der Waals surface area (Å²) in [7, 11) is 0. The van der Waals surface area contributed by atoms with Crippen LogP contribution in [0.15, 0.2) is 36.1 Å². The Hall–Kier alpha value is -1.57. The van der Waals surface area contributed by atoms with Crippen LogP contribution in [-0.4, -0.2) is 5.97 Å². The third kappa shape index (κ3) is 4.78. The molecule has 1 aromatic carbocycles. The predicted octanol–water partition coefficient (Wildman–Crippen LogP) is 3.64. The molecule has 0 radical (unpaired) electrons. The Morgan fingerprint density at radius 1 is 1.31 bits per heavy atom. The fourth-order valence-electron chi connectivity index (χ4n) is 1.45. The van der Waals surface area contributed by atoms with Gasteiger partial charge in [0.2, 0.25) is 0 Å². The maximum Gasteiger partial charge on any atom is 0.307 e. The maximum absolute atomic E-state index is 11.0. The molecule has 0 heterocycles. The molecule has 0 amide bonds. The van der Waals surface area contributed by atoms with E-state index in [-0.39, 0.29) is 5.97 Å². The van der Waals surface area contributed by atoms with Gasteiger partial charge in [-0.1, -0.05) is 44.2 Å². The monoisotopic (exact) mass is 218 g/mol. The van der Waals surface area contributed by atoms with Gasteiger partial charge in [-0.25, -0.2) is 0 Å².